The predicted molar refractivity (Wildman–Crippen MR) is 37.6 cm³/mol. The van der Waals surface area contributed by atoms with E-state index in [4.69, 9.17) is 0 Å². The third kappa shape index (κ3) is 1.43. The quantitative estimate of drug-likeness (QED) is 0.552. The first kappa shape index (κ1) is 7.45. The smallest absolute Gasteiger partial charge is 0.123 e. The van der Waals surface area contributed by atoms with Crippen LogP contribution in [0.4, 0.5) is 0 Å². The molecule has 2 atom stereocenters. The van der Waals surface area contributed by atoms with Crippen molar-refractivity contribution in [1.29, 1.82) is 0 Å². The third-order valence-electron chi connectivity index (χ3n) is 2.29. The van der Waals surface area contributed by atoms with Crippen molar-refractivity contribution >= 4 is 12.6 Å². The lowest BCUT2D eigenvalue weighted by Gasteiger charge is -2.08. The first-order valence-corrected chi connectivity index (χ1v) is 3.77. The molecule has 0 aromatic heterocycles. The van der Waals surface area contributed by atoms with E-state index in [9.17, 15) is 9.59 Å². The second-order valence-corrected chi connectivity index (χ2v) is 2.89. The van der Waals surface area contributed by atoms with Gasteiger partial charge in [0.25, 0.3) is 0 Å². The zero-order chi connectivity index (χ0) is 7.40. The molecule has 1 fully saturated rings. The summed E-state index contributed by atoms with van der Waals surface area (Å²) in [5.41, 5.74) is 0. The standard InChI is InChI=1S/C8H12O2/c9-5-4-7-2-1-3-8(7)6-10/h5-8H,1-4H2. The van der Waals surface area contributed by atoms with Crippen molar-refractivity contribution in [2.24, 2.45) is 11.8 Å². The Bertz CT molecular complexity index is 131. The highest BCUT2D eigenvalue weighted by atomic mass is 16.1. The largest absolute Gasteiger partial charge is 0.303 e. The molecule has 2 heteroatoms. The van der Waals surface area contributed by atoms with Crippen molar-refractivity contribution in [3.8, 4) is 0 Å². The molecule has 1 aliphatic carbocycles. The second-order valence-electron chi connectivity index (χ2n) is 2.89. The van der Waals surface area contributed by atoms with Gasteiger partial charge in [-0.2, -0.15) is 0 Å². The molecule has 2 unspecified atom stereocenters. The molecule has 0 N–H and O–H groups in total. The van der Waals surface area contributed by atoms with Crippen LogP contribution in [0.5, 0.6) is 0 Å². The maximum Gasteiger partial charge on any atom is 0.123 e. The summed E-state index contributed by atoms with van der Waals surface area (Å²) in [7, 11) is 0. The zero-order valence-corrected chi connectivity index (χ0v) is 5.95. The van der Waals surface area contributed by atoms with Gasteiger partial charge < -0.3 is 9.59 Å². The molecule has 0 spiro atoms. The molecule has 56 valence electrons. The van der Waals surface area contributed by atoms with Crippen LogP contribution < -0.4 is 0 Å². The second kappa shape index (κ2) is 3.49. The average molecular weight is 140 g/mol. The van der Waals surface area contributed by atoms with E-state index in [0.29, 0.717) is 12.3 Å². The maximum atomic E-state index is 10.4. The van der Waals surface area contributed by atoms with E-state index in [0.717, 1.165) is 31.8 Å². The fourth-order valence-corrected chi connectivity index (χ4v) is 1.66. The predicted octanol–water partition coefficient (Wildman–Crippen LogP) is 1.19. The lowest BCUT2D eigenvalue weighted by Crippen LogP contribution is -2.09. The Morgan fingerprint density at radius 1 is 1.30 bits per heavy atom. The normalized spacial score (nSPS) is 32.0. The Balaban J connectivity index is 2.41. The third-order valence-corrected chi connectivity index (χ3v) is 2.29. The van der Waals surface area contributed by atoms with Crippen LogP contribution in [0.2, 0.25) is 0 Å². The van der Waals surface area contributed by atoms with Gasteiger partial charge in [0.1, 0.15) is 12.6 Å². The highest BCUT2D eigenvalue weighted by Crippen LogP contribution is 2.31. The minimum atomic E-state index is 0.171. The Kier molecular flexibility index (Phi) is 2.60. The summed E-state index contributed by atoms with van der Waals surface area (Å²) in [6, 6.07) is 0. The first-order chi connectivity index (χ1) is 4.88. The Morgan fingerprint density at radius 3 is 2.70 bits per heavy atom. The molecule has 1 rings (SSSR count). The van der Waals surface area contributed by atoms with Gasteiger partial charge in [0, 0.05) is 12.3 Å². The minimum Gasteiger partial charge on any atom is -0.303 e. The van der Waals surface area contributed by atoms with Crippen LogP contribution in [-0.4, -0.2) is 12.6 Å². The molecule has 1 aliphatic rings. The molecule has 0 aromatic carbocycles. The van der Waals surface area contributed by atoms with E-state index >= 15 is 0 Å². The van der Waals surface area contributed by atoms with E-state index < -0.39 is 0 Å². The summed E-state index contributed by atoms with van der Waals surface area (Å²) in [5, 5.41) is 0. The van der Waals surface area contributed by atoms with Gasteiger partial charge in [-0.3, -0.25) is 0 Å². The number of hydrogen-bond donors (Lipinski definition) is 0. The summed E-state index contributed by atoms with van der Waals surface area (Å²) < 4.78 is 0. The number of carbonyl (C=O) groups is 2. The van der Waals surface area contributed by atoms with Crippen LogP contribution in [0.15, 0.2) is 0 Å². The Morgan fingerprint density at radius 2 is 2.10 bits per heavy atom. The fraction of sp³-hybridized carbons (Fsp3) is 0.750. The molecule has 10 heavy (non-hydrogen) atoms. The highest BCUT2D eigenvalue weighted by Gasteiger charge is 2.25. The Labute approximate surface area is 60.6 Å². The van der Waals surface area contributed by atoms with Crippen molar-refractivity contribution in [3.63, 3.8) is 0 Å². The van der Waals surface area contributed by atoms with E-state index in [-0.39, 0.29) is 5.92 Å². The van der Waals surface area contributed by atoms with E-state index in [1.165, 1.54) is 0 Å². The maximum absolute atomic E-state index is 10.4. The summed E-state index contributed by atoms with van der Waals surface area (Å²) in [5.74, 6) is 0.528. The molecule has 0 aromatic rings. The summed E-state index contributed by atoms with van der Waals surface area (Å²) in [6.45, 7) is 0. The average Bonchev–Trinajstić information content (AvgIpc) is 2.36. The SMILES string of the molecule is O=CCC1CCCC1C=O. The van der Waals surface area contributed by atoms with Gasteiger partial charge in [-0.25, -0.2) is 0 Å². The summed E-state index contributed by atoms with van der Waals surface area (Å²) >= 11 is 0. The van der Waals surface area contributed by atoms with E-state index in [1.54, 1.807) is 0 Å². The van der Waals surface area contributed by atoms with E-state index in [2.05, 4.69) is 0 Å². The van der Waals surface area contributed by atoms with Crippen LogP contribution in [0.25, 0.3) is 0 Å². The van der Waals surface area contributed by atoms with Crippen LogP contribution in [0, 0.1) is 11.8 Å². The lowest BCUT2D eigenvalue weighted by molar-refractivity contribution is -0.113. The van der Waals surface area contributed by atoms with Gasteiger partial charge in [0.05, 0.1) is 0 Å². The summed E-state index contributed by atoms with van der Waals surface area (Å²) in [6.07, 6.45) is 5.66. The minimum absolute atomic E-state index is 0.171. The first-order valence-electron chi connectivity index (χ1n) is 3.77. The number of aldehydes is 2. The van der Waals surface area contributed by atoms with Crippen molar-refractivity contribution in [3.05, 3.63) is 0 Å². The number of hydrogen-bond acceptors (Lipinski definition) is 2. The number of rotatable bonds is 3. The van der Waals surface area contributed by atoms with Crippen LogP contribution in [-0.2, 0) is 9.59 Å². The molecule has 0 bridgehead atoms. The molecular weight excluding hydrogens is 128 g/mol. The highest BCUT2D eigenvalue weighted by molar-refractivity contribution is 5.57. The van der Waals surface area contributed by atoms with Crippen LogP contribution in [0.1, 0.15) is 25.7 Å². The fourth-order valence-electron chi connectivity index (χ4n) is 1.66. The van der Waals surface area contributed by atoms with Crippen molar-refractivity contribution in [1.82, 2.24) is 0 Å². The molecule has 2 nitrogen and oxygen atoms in total. The van der Waals surface area contributed by atoms with E-state index in [1.807, 2.05) is 0 Å². The van der Waals surface area contributed by atoms with Crippen molar-refractivity contribution < 1.29 is 9.59 Å². The van der Waals surface area contributed by atoms with Gasteiger partial charge in [-0.05, 0) is 18.8 Å². The van der Waals surface area contributed by atoms with Crippen LogP contribution in [0.3, 0.4) is 0 Å². The molecule has 0 heterocycles. The van der Waals surface area contributed by atoms with Gasteiger partial charge >= 0.3 is 0 Å². The summed E-state index contributed by atoms with van der Waals surface area (Å²) in [4.78, 5) is 20.5. The number of carbonyl (C=O) groups excluding carboxylic acids is 2. The van der Waals surface area contributed by atoms with Crippen molar-refractivity contribution in [2.75, 3.05) is 0 Å². The van der Waals surface area contributed by atoms with Crippen LogP contribution >= 0.6 is 0 Å². The zero-order valence-electron chi connectivity index (χ0n) is 5.95. The van der Waals surface area contributed by atoms with Gasteiger partial charge in [-0.15, -0.1) is 0 Å². The van der Waals surface area contributed by atoms with Gasteiger partial charge in [-0.1, -0.05) is 6.42 Å². The molecular formula is C8H12O2. The van der Waals surface area contributed by atoms with Crippen molar-refractivity contribution in [2.45, 2.75) is 25.7 Å². The Hall–Kier alpha value is -0.660. The van der Waals surface area contributed by atoms with Gasteiger partial charge in [0.2, 0.25) is 0 Å². The lowest BCUT2D eigenvalue weighted by atomic mass is 9.95. The molecule has 0 radical (unpaired) electrons. The molecule has 0 saturated heterocycles. The topological polar surface area (TPSA) is 34.1 Å². The molecule has 1 saturated carbocycles. The van der Waals surface area contributed by atoms with Gasteiger partial charge in [0.15, 0.2) is 0 Å². The molecule has 0 aliphatic heterocycles. The molecule has 0 amide bonds. The monoisotopic (exact) mass is 140 g/mol.